The molecule has 0 radical (unpaired) electrons. The van der Waals surface area contributed by atoms with Gasteiger partial charge in [0.2, 0.25) is 8.40 Å². The van der Waals surface area contributed by atoms with Crippen LogP contribution >= 0.6 is 0 Å². The molecule has 7 heteroatoms. The Labute approximate surface area is 364 Å². The van der Waals surface area contributed by atoms with Crippen LogP contribution in [0.2, 0.25) is 26.2 Å². The molecule has 2 aromatic carbocycles. The Morgan fingerprint density at radius 1 is 0.786 bits per heavy atom. The van der Waals surface area contributed by atoms with Gasteiger partial charge in [-0.3, -0.25) is 0 Å². The first-order chi connectivity index (χ1) is 24.3. The maximum atomic E-state index is 5.50. The van der Waals surface area contributed by atoms with Gasteiger partial charge < -0.3 is 41.0 Å². The number of benzene rings is 2. The van der Waals surface area contributed by atoms with Crippen LogP contribution < -0.4 is 4.98 Å². The summed E-state index contributed by atoms with van der Waals surface area (Å²) in [6.07, 6.45) is 13.0. The molecule has 0 amide bonds. The molecule has 5 aliphatic rings. The maximum Gasteiger partial charge on any atom is 4.00 e. The Balaban J connectivity index is 0.000000347. The third kappa shape index (κ3) is 10.1. The number of hydrogen-bond acceptors (Lipinski definition) is 2. The minimum Gasteiger partial charge on any atom is -0.647 e. The van der Waals surface area contributed by atoms with E-state index in [0.29, 0.717) is 0 Å². The number of rotatable bonds is 4. The van der Waals surface area contributed by atoms with Gasteiger partial charge in [0.1, 0.15) is 0 Å². The first-order valence-corrected chi connectivity index (χ1v) is 27.2. The molecule has 1 N–H and O–H groups in total. The normalized spacial score (nSPS) is 26.5. The summed E-state index contributed by atoms with van der Waals surface area (Å²) in [6.45, 7) is 32.4. The molecule has 7 unspecified atom stereocenters. The Hall–Kier alpha value is -0.992. The fraction of sp³-hybridized carbons (Fsp3) is 0.653. The Morgan fingerprint density at radius 2 is 1.43 bits per heavy atom. The van der Waals surface area contributed by atoms with E-state index in [4.69, 9.17) is 4.98 Å². The van der Waals surface area contributed by atoms with Gasteiger partial charge in [0, 0.05) is 54.6 Å². The SMILES string of the molecule is CC.CC1CCC2C(C1)C1CC3CCCCC3C1N2[Si](C)(C)[N-]C(C)(C)C.Cc1ccc2c(c1)c1c(n2[Si](C)(C)NC(C)(C)C)-c2ccccc2C1.[CH3-].[CH3-].[CH3-].[Ti+4]. The van der Waals surface area contributed by atoms with Crippen molar-refractivity contribution in [3.63, 3.8) is 0 Å². The van der Waals surface area contributed by atoms with Gasteiger partial charge in [-0.2, -0.15) is 0 Å². The molecule has 1 aromatic heterocycles. The van der Waals surface area contributed by atoms with E-state index < -0.39 is 16.8 Å². The summed E-state index contributed by atoms with van der Waals surface area (Å²) < 4.78 is 5.78. The molecule has 2 heterocycles. The zero-order chi connectivity index (χ0) is 38.0. The minimum atomic E-state index is -1.90. The first-order valence-electron chi connectivity index (χ1n) is 21.4. The molecule has 4 aliphatic carbocycles. The van der Waals surface area contributed by atoms with Crippen LogP contribution in [0.15, 0.2) is 42.5 Å². The summed E-state index contributed by atoms with van der Waals surface area (Å²) in [6, 6.07) is 17.6. The van der Waals surface area contributed by atoms with Crippen LogP contribution in [0.1, 0.15) is 130 Å². The summed E-state index contributed by atoms with van der Waals surface area (Å²) >= 11 is 0. The first kappa shape index (κ1) is 51.1. The molecule has 8 rings (SSSR count). The number of aryl methyl sites for hydroxylation is 1. The molecule has 312 valence electrons. The molecular weight excluding hydrogens is 749 g/mol. The van der Waals surface area contributed by atoms with Gasteiger partial charge in [-0.25, -0.2) is 0 Å². The number of nitrogens with one attached hydrogen (secondary N) is 1. The number of fused-ring (bicyclic) bond motifs is 10. The van der Waals surface area contributed by atoms with Gasteiger partial charge in [0.15, 0.2) is 0 Å². The second kappa shape index (κ2) is 19.2. The molecule has 7 atom stereocenters. The molecular formula is C49H84N4Si2Ti. The van der Waals surface area contributed by atoms with Crippen molar-refractivity contribution in [3.8, 4) is 11.3 Å². The molecule has 0 spiro atoms. The molecule has 4 nitrogen and oxygen atoms in total. The maximum absolute atomic E-state index is 5.50. The van der Waals surface area contributed by atoms with E-state index in [9.17, 15) is 0 Å². The summed E-state index contributed by atoms with van der Waals surface area (Å²) in [5, 5.41) is 1.43. The van der Waals surface area contributed by atoms with E-state index in [1.165, 1.54) is 83.8 Å². The van der Waals surface area contributed by atoms with Crippen LogP contribution in [0.5, 0.6) is 0 Å². The van der Waals surface area contributed by atoms with Gasteiger partial charge in [0.25, 0.3) is 0 Å². The summed E-state index contributed by atoms with van der Waals surface area (Å²) in [4.78, 5) is 9.46. The fourth-order valence-electron chi connectivity index (χ4n) is 12.3. The Kier molecular flexibility index (Phi) is 17.5. The van der Waals surface area contributed by atoms with Crippen molar-refractivity contribution >= 4 is 27.7 Å². The van der Waals surface area contributed by atoms with Gasteiger partial charge in [0.05, 0.1) is 0 Å². The van der Waals surface area contributed by atoms with E-state index in [2.05, 4.69) is 138 Å². The van der Waals surface area contributed by atoms with E-state index >= 15 is 0 Å². The fourth-order valence-corrected chi connectivity index (χ4v) is 19.9. The largest absolute Gasteiger partial charge is 4.00 e. The summed E-state index contributed by atoms with van der Waals surface area (Å²) in [5.74, 6) is 4.99. The molecule has 1 aliphatic heterocycles. The third-order valence-electron chi connectivity index (χ3n) is 13.1. The van der Waals surface area contributed by atoms with Crippen molar-refractivity contribution in [2.24, 2.45) is 29.6 Å². The average Bonchev–Trinajstić information content (AvgIpc) is 3.77. The minimum absolute atomic E-state index is 0. The zero-order valence-corrected chi connectivity index (χ0v) is 42.9. The van der Waals surface area contributed by atoms with Crippen LogP contribution in [0, 0.1) is 58.8 Å². The quantitative estimate of drug-likeness (QED) is 0.164. The number of nitrogens with zero attached hydrogens (tertiary/aromatic N) is 3. The average molecular weight is 833 g/mol. The molecule has 4 fully saturated rings. The molecule has 1 saturated heterocycles. The monoisotopic (exact) mass is 833 g/mol. The predicted octanol–water partition coefficient (Wildman–Crippen LogP) is 14.0. The van der Waals surface area contributed by atoms with Crippen LogP contribution in [-0.4, -0.2) is 48.8 Å². The van der Waals surface area contributed by atoms with Crippen molar-refractivity contribution in [2.75, 3.05) is 0 Å². The Morgan fingerprint density at radius 3 is 2.07 bits per heavy atom. The van der Waals surface area contributed by atoms with Crippen LogP contribution in [-0.2, 0) is 28.1 Å². The zero-order valence-electron chi connectivity index (χ0n) is 39.3. The molecule has 0 bridgehead atoms. The van der Waals surface area contributed by atoms with E-state index in [-0.39, 0.29) is 55.1 Å². The van der Waals surface area contributed by atoms with Gasteiger partial charge in [-0.15, -0.1) is 5.54 Å². The van der Waals surface area contributed by atoms with Crippen LogP contribution in [0.4, 0.5) is 0 Å². The Bertz CT molecular complexity index is 1720. The number of aromatic nitrogens is 1. The third-order valence-corrected chi connectivity index (χ3v) is 19.2. The van der Waals surface area contributed by atoms with E-state index in [1.54, 1.807) is 6.42 Å². The molecule has 3 aromatic rings. The van der Waals surface area contributed by atoms with Crippen molar-refractivity contribution in [2.45, 2.75) is 176 Å². The molecule has 3 saturated carbocycles. The van der Waals surface area contributed by atoms with Crippen molar-refractivity contribution in [3.05, 3.63) is 86.4 Å². The van der Waals surface area contributed by atoms with Crippen molar-refractivity contribution in [1.29, 1.82) is 0 Å². The van der Waals surface area contributed by atoms with Crippen LogP contribution in [0.25, 0.3) is 27.1 Å². The standard InChI is InChI=1S/C22H41N2Si.C22H28N2Si.C2H6.3CH3.Ti/c2*1-15-11-12-20-18(13-15)19-14-16-9-7-8-10-17(16)21(19)24(20)25(5,6)23-22(2,3)4;1-2;;;;/h15-21H,7-14H2,1-6H3;7-13,23H,14H2,1-6H3;1-2H3;3*1H3;/q-1;;;3*-1;+4. The summed E-state index contributed by atoms with van der Waals surface area (Å²) in [5.41, 5.74) is 8.77. The van der Waals surface area contributed by atoms with Crippen molar-refractivity contribution < 1.29 is 21.7 Å². The predicted molar refractivity (Wildman–Crippen MR) is 251 cm³/mol. The van der Waals surface area contributed by atoms with E-state index in [1.807, 2.05) is 13.8 Å². The topological polar surface area (TPSA) is 34.3 Å². The second-order valence-electron chi connectivity index (χ2n) is 20.4. The smallest absolute Gasteiger partial charge is 0.647 e. The van der Waals surface area contributed by atoms with E-state index in [0.717, 1.165) is 48.1 Å². The second-order valence-corrected chi connectivity index (χ2v) is 27.9. The number of hydrogen-bond donors (Lipinski definition) is 1. The van der Waals surface area contributed by atoms with Crippen molar-refractivity contribution in [1.82, 2.24) is 13.8 Å². The molecule has 56 heavy (non-hydrogen) atoms. The van der Waals surface area contributed by atoms with Gasteiger partial charge >= 0.3 is 21.7 Å². The summed E-state index contributed by atoms with van der Waals surface area (Å²) in [7, 11) is -3.64. The van der Waals surface area contributed by atoms with Gasteiger partial charge in [-0.1, -0.05) is 110 Å². The van der Waals surface area contributed by atoms with Crippen LogP contribution in [0.3, 0.4) is 0 Å². The van der Waals surface area contributed by atoms with Gasteiger partial charge in [-0.05, 0) is 126 Å².